The molecule has 0 aliphatic heterocycles. The van der Waals surface area contributed by atoms with Gasteiger partial charge >= 0.3 is 12.0 Å². The maximum atomic E-state index is 12.9. The van der Waals surface area contributed by atoms with E-state index >= 15 is 0 Å². The summed E-state index contributed by atoms with van der Waals surface area (Å²) in [5, 5.41) is 0. The van der Waals surface area contributed by atoms with Crippen LogP contribution in [-0.2, 0) is 16.1 Å². The van der Waals surface area contributed by atoms with Gasteiger partial charge in [-0.15, -0.1) is 0 Å². The molecular weight excluding hydrogens is 346 g/mol. The molecule has 1 fully saturated rings. The molecule has 0 unspecified atom stereocenters. The van der Waals surface area contributed by atoms with Crippen molar-refractivity contribution in [2.24, 2.45) is 5.92 Å². The van der Waals surface area contributed by atoms with Crippen molar-refractivity contribution < 1.29 is 18.7 Å². The zero-order valence-electron chi connectivity index (χ0n) is 15.8. The van der Waals surface area contributed by atoms with E-state index in [1.165, 1.54) is 47.7 Å². The first-order valence-corrected chi connectivity index (χ1v) is 9.67. The van der Waals surface area contributed by atoms with Crippen LogP contribution in [0.2, 0.25) is 0 Å². The lowest BCUT2D eigenvalue weighted by Crippen LogP contribution is -2.46. The number of carbonyl (C=O) groups excluding carboxylic acids is 2. The van der Waals surface area contributed by atoms with Gasteiger partial charge in [-0.25, -0.2) is 14.6 Å². The molecule has 0 spiro atoms. The molecule has 0 bridgehead atoms. The van der Waals surface area contributed by atoms with E-state index in [-0.39, 0.29) is 18.5 Å². The van der Waals surface area contributed by atoms with E-state index in [1.807, 2.05) is 6.92 Å². The Kier molecular flexibility index (Phi) is 6.68. The average Bonchev–Trinajstić information content (AvgIpc) is 3.43. The summed E-state index contributed by atoms with van der Waals surface area (Å²) in [4.78, 5) is 31.0. The molecule has 1 aliphatic rings. The predicted octanol–water partition coefficient (Wildman–Crippen LogP) is 3.85. The summed E-state index contributed by atoms with van der Waals surface area (Å²) in [6.07, 6.45) is 12.4. The number of hydrogen-bond acceptors (Lipinski definition) is 5. The smallest absolute Gasteiger partial charge is 0.330 e. The van der Waals surface area contributed by atoms with E-state index in [2.05, 4.69) is 4.98 Å². The van der Waals surface area contributed by atoms with Crippen LogP contribution in [0.3, 0.4) is 0 Å². The summed E-state index contributed by atoms with van der Waals surface area (Å²) in [5.74, 6) is 0.904. The third-order valence-corrected chi connectivity index (χ3v) is 5.16. The number of ether oxygens (including phenoxy) is 1. The third-order valence-electron chi connectivity index (χ3n) is 5.16. The molecule has 7 nitrogen and oxygen atoms in total. The Bertz CT molecular complexity index is 706. The first kappa shape index (κ1) is 19.2. The van der Waals surface area contributed by atoms with E-state index in [4.69, 9.17) is 9.15 Å². The lowest BCUT2D eigenvalue weighted by atomic mass is 10.1. The SMILES string of the molecule is CC[C@H](C(=O)OCCC1CCCC1)N(Cc1ccco1)C(=O)n1ccnc1. The second-order valence-electron chi connectivity index (χ2n) is 6.99. The van der Waals surface area contributed by atoms with Gasteiger partial charge in [-0.1, -0.05) is 32.6 Å². The van der Waals surface area contributed by atoms with Crippen LogP contribution in [0, 0.1) is 5.92 Å². The van der Waals surface area contributed by atoms with Crippen molar-refractivity contribution in [2.45, 2.75) is 58.0 Å². The number of nitrogens with zero attached hydrogens (tertiary/aromatic N) is 3. The van der Waals surface area contributed by atoms with Crippen LogP contribution in [0.15, 0.2) is 41.5 Å². The van der Waals surface area contributed by atoms with Crippen molar-refractivity contribution in [1.29, 1.82) is 0 Å². The summed E-state index contributed by atoms with van der Waals surface area (Å²) in [5.41, 5.74) is 0. The molecule has 146 valence electrons. The zero-order chi connectivity index (χ0) is 19.1. The van der Waals surface area contributed by atoms with Crippen molar-refractivity contribution in [3.63, 3.8) is 0 Å². The minimum Gasteiger partial charge on any atom is -0.467 e. The van der Waals surface area contributed by atoms with Crippen LogP contribution < -0.4 is 0 Å². The fourth-order valence-corrected chi connectivity index (χ4v) is 3.64. The highest BCUT2D eigenvalue weighted by Crippen LogP contribution is 2.27. The Morgan fingerprint density at radius 2 is 2.22 bits per heavy atom. The average molecular weight is 373 g/mol. The van der Waals surface area contributed by atoms with E-state index in [1.54, 1.807) is 24.6 Å². The quantitative estimate of drug-likeness (QED) is 0.657. The third kappa shape index (κ3) is 4.99. The van der Waals surface area contributed by atoms with Crippen molar-refractivity contribution in [3.05, 3.63) is 42.9 Å². The van der Waals surface area contributed by atoms with Gasteiger partial charge in [0.25, 0.3) is 0 Å². The van der Waals surface area contributed by atoms with Gasteiger partial charge < -0.3 is 14.1 Å². The standard InChI is InChI=1S/C20H27N3O4/c1-2-18(19(24)27-13-9-16-6-3-4-7-16)23(14-17-8-5-12-26-17)20(25)22-11-10-21-15-22/h5,8,10-12,15-16,18H,2-4,6-7,9,13-14H2,1H3/t18-/m1/s1. The van der Waals surface area contributed by atoms with E-state index in [0.29, 0.717) is 24.7 Å². The molecule has 27 heavy (non-hydrogen) atoms. The van der Waals surface area contributed by atoms with Gasteiger partial charge in [0.15, 0.2) is 0 Å². The van der Waals surface area contributed by atoms with Gasteiger partial charge in [-0.05, 0) is 30.9 Å². The van der Waals surface area contributed by atoms with E-state index < -0.39 is 6.04 Å². The number of furan rings is 1. The van der Waals surface area contributed by atoms with Gasteiger partial charge in [0.1, 0.15) is 18.1 Å². The monoisotopic (exact) mass is 373 g/mol. The molecule has 1 saturated carbocycles. The van der Waals surface area contributed by atoms with Crippen molar-refractivity contribution >= 4 is 12.0 Å². The molecule has 0 saturated heterocycles. The molecule has 1 amide bonds. The second-order valence-corrected chi connectivity index (χ2v) is 6.99. The zero-order valence-corrected chi connectivity index (χ0v) is 15.8. The number of hydrogen-bond donors (Lipinski definition) is 0. The minimum atomic E-state index is -0.673. The Labute approximate surface area is 159 Å². The van der Waals surface area contributed by atoms with Crippen LogP contribution in [0.25, 0.3) is 0 Å². The van der Waals surface area contributed by atoms with Gasteiger partial charge in [0, 0.05) is 12.4 Å². The molecule has 2 aromatic rings. The molecule has 7 heteroatoms. The van der Waals surface area contributed by atoms with Crippen LogP contribution in [0.5, 0.6) is 0 Å². The molecule has 0 N–H and O–H groups in total. The Balaban J connectivity index is 1.67. The number of aromatic nitrogens is 2. The molecule has 1 atom stereocenters. The Morgan fingerprint density at radius 1 is 1.41 bits per heavy atom. The largest absolute Gasteiger partial charge is 0.467 e. The molecule has 2 aromatic heterocycles. The molecule has 1 aliphatic carbocycles. The first-order valence-electron chi connectivity index (χ1n) is 9.67. The minimum absolute atomic E-state index is 0.195. The molecule has 0 radical (unpaired) electrons. The van der Waals surface area contributed by atoms with Crippen molar-refractivity contribution in [2.75, 3.05) is 6.61 Å². The summed E-state index contributed by atoms with van der Waals surface area (Å²) >= 11 is 0. The number of imidazole rings is 1. The summed E-state index contributed by atoms with van der Waals surface area (Å²) in [6.45, 7) is 2.48. The van der Waals surface area contributed by atoms with Crippen LogP contribution in [0.4, 0.5) is 4.79 Å². The lowest BCUT2D eigenvalue weighted by Gasteiger charge is -2.29. The highest BCUT2D eigenvalue weighted by molar-refractivity contribution is 5.84. The number of amides is 1. The predicted molar refractivity (Wildman–Crippen MR) is 98.9 cm³/mol. The van der Waals surface area contributed by atoms with Crippen LogP contribution >= 0.6 is 0 Å². The van der Waals surface area contributed by atoms with Crippen molar-refractivity contribution in [3.8, 4) is 0 Å². The van der Waals surface area contributed by atoms with Crippen molar-refractivity contribution in [1.82, 2.24) is 14.5 Å². The Hall–Kier alpha value is -2.57. The normalized spacial score (nSPS) is 15.6. The highest BCUT2D eigenvalue weighted by atomic mass is 16.5. The fraction of sp³-hybridized carbons (Fsp3) is 0.550. The maximum absolute atomic E-state index is 12.9. The van der Waals surface area contributed by atoms with E-state index in [9.17, 15) is 9.59 Å². The first-order chi connectivity index (χ1) is 13.2. The van der Waals surface area contributed by atoms with Crippen LogP contribution in [0.1, 0.15) is 51.2 Å². The molecule has 3 rings (SSSR count). The lowest BCUT2D eigenvalue weighted by molar-refractivity contribution is -0.149. The van der Waals surface area contributed by atoms with Crippen LogP contribution in [-0.4, -0.2) is 39.1 Å². The second kappa shape index (κ2) is 9.39. The highest BCUT2D eigenvalue weighted by Gasteiger charge is 2.31. The fourth-order valence-electron chi connectivity index (χ4n) is 3.64. The van der Waals surface area contributed by atoms with E-state index in [0.717, 1.165) is 6.42 Å². The topological polar surface area (TPSA) is 77.6 Å². The van der Waals surface area contributed by atoms with Gasteiger partial charge in [-0.2, -0.15) is 0 Å². The number of rotatable bonds is 8. The number of carbonyl (C=O) groups is 2. The molecule has 2 heterocycles. The van der Waals surface area contributed by atoms with Gasteiger partial charge in [0.2, 0.25) is 0 Å². The van der Waals surface area contributed by atoms with Gasteiger partial charge in [-0.3, -0.25) is 4.57 Å². The summed E-state index contributed by atoms with van der Waals surface area (Å²) in [7, 11) is 0. The summed E-state index contributed by atoms with van der Waals surface area (Å²) in [6, 6.07) is 2.54. The Morgan fingerprint density at radius 3 is 2.85 bits per heavy atom. The molecule has 0 aromatic carbocycles. The molecular formula is C20H27N3O4. The van der Waals surface area contributed by atoms with Gasteiger partial charge in [0.05, 0.1) is 19.4 Å². The summed E-state index contributed by atoms with van der Waals surface area (Å²) < 4.78 is 12.3. The number of esters is 1. The maximum Gasteiger partial charge on any atom is 0.330 e.